The molecule has 0 radical (unpaired) electrons. The fraction of sp³-hybridized carbons (Fsp3) is 0.333. The molecule has 0 aliphatic carbocycles. The SMILES string of the molecule is C#CCCCNC(=O)NCCc1ccc(C(=O)O)cc1. The second-order valence-electron chi connectivity index (χ2n) is 4.24. The lowest BCUT2D eigenvalue weighted by Crippen LogP contribution is -2.37. The number of amides is 2. The molecule has 0 spiro atoms. The van der Waals surface area contributed by atoms with E-state index >= 15 is 0 Å². The van der Waals surface area contributed by atoms with E-state index in [1.54, 1.807) is 24.3 Å². The van der Waals surface area contributed by atoms with E-state index in [0.29, 0.717) is 25.9 Å². The van der Waals surface area contributed by atoms with Crippen molar-refractivity contribution in [3.05, 3.63) is 35.4 Å². The number of carboxylic acid groups (broad SMARTS) is 1. The molecule has 20 heavy (non-hydrogen) atoms. The van der Waals surface area contributed by atoms with Crippen molar-refractivity contribution < 1.29 is 14.7 Å². The normalized spacial score (nSPS) is 9.55. The summed E-state index contributed by atoms with van der Waals surface area (Å²) in [6, 6.07) is 6.38. The molecule has 0 heterocycles. The van der Waals surface area contributed by atoms with Crippen LogP contribution in [-0.4, -0.2) is 30.2 Å². The number of nitrogens with one attached hydrogen (secondary N) is 2. The summed E-state index contributed by atoms with van der Waals surface area (Å²) in [5.74, 6) is 1.56. The van der Waals surface area contributed by atoms with Gasteiger partial charge in [0.1, 0.15) is 0 Å². The summed E-state index contributed by atoms with van der Waals surface area (Å²) in [4.78, 5) is 22.1. The van der Waals surface area contributed by atoms with Crippen molar-refractivity contribution in [3.8, 4) is 12.3 Å². The number of hydrogen-bond acceptors (Lipinski definition) is 2. The average molecular weight is 274 g/mol. The molecule has 0 saturated heterocycles. The molecule has 0 bridgehead atoms. The standard InChI is InChI=1S/C15H18N2O3/c1-2-3-4-10-16-15(20)17-11-9-12-5-7-13(8-6-12)14(18)19/h1,5-8H,3-4,9-11H2,(H,18,19)(H2,16,17,20). The number of hydrogen-bond donors (Lipinski definition) is 3. The largest absolute Gasteiger partial charge is 0.478 e. The molecule has 0 unspecified atom stereocenters. The molecule has 1 rings (SSSR count). The fourth-order valence-electron chi connectivity index (χ4n) is 1.59. The Labute approximate surface area is 118 Å². The van der Waals surface area contributed by atoms with Crippen LogP contribution < -0.4 is 10.6 Å². The quantitative estimate of drug-likeness (QED) is 0.522. The molecular formula is C15H18N2O3. The predicted octanol–water partition coefficient (Wildman–Crippen LogP) is 1.64. The molecule has 0 fully saturated rings. The van der Waals surface area contributed by atoms with Gasteiger partial charge in [0, 0.05) is 19.5 Å². The molecule has 0 atom stereocenters. The third kappa shape index (κ3) is 5.91. The molecule has 2 amide bonds. The topological polar surface area (TPSA) is 78.4 Å². The number of carbonyl (C=O) groups excluding carboxylic acids is 1. The molecule has 0 saturated carbocycles. The van der Waals surface area contributed by atoms with Gasteiger partial charge < -0.3 is 15.7 Å². The minimum atomic E-state index is -0.943. The number of carboxylic acids is 1. The van der Waals surface area contributed by atoms with Crippen molar-refractivity contribution in [3.63, 3.8) is 0 Å². The van der Waals surface area contributed by atoms with E-state index in [2.05, 4.69) is 16.6 Å². The van der Waals surface area contributed by atoms with E-state index in [4.69, 9.17) is 11.5 Å². The minimum absolute atomic E-state index is 0.218. The zero-order valence-electron chi connectivity index (χ0n) is 11.2. The van der Waals surface area contributed by atoms with E-state index in [1.165, 1.54) is 0 Å². The van der Waals surface area contributed by atoms with Gasteiger partial charge in [-0.15, -0.1) is 12.3 Å². The Kier molecular flexibility index (Phi) is 6.69. The van der Waals surface area contributed by atoms with Gasteiger partial charge in [-0.3, -0.25) is 0 Å². The number of carbonyl (C=O) groups is 2. The van der Waals surface area contributed by atoms with E-state index in [1.807, 2.05) is 0 Å². The first-order valence-corrected chi connectivity index (χ1v) is 6.41. The number of benzene rings is 1. The molecule has 106 valence electrons. The average Bonchev–Trinajstić information content (AvgIpc) is 2.44. The van der Waals surface area contributed by atoms with Gasteiger partial charge >= 0.3 is 12.0 Å². The van der Waals surface area contributed by atoms with E-state index in [9.17, 15) is 9.59 Å². The third-order valence-electron chi connectivity index (χ3n) is 2.68. The summed E-state index contributed by atoms with van der Waals surface area (Å²) < 4.78 is 0. The monoisotopic (exact) mass is 274 g/mol. The minimum Gasteiger partial charge on any atom is -0.478 e. The van der Waals surface area contributed by atoms with Gasteiger partial charge in [0.2, 0.25) is 0 Å². The zero-order valence-corrected chi connectivity index (χ0v) is 11.2. The second-order valence-corrected chi connectivity index (χ2v) is 4.24. The molecule has 5 nitrogen and oxygen atoms in total. The first-order valence-electron chi connectivity index (χ1n) is 6.41. The Morgan fingerprint density at radius 1 is 1.15 bits per heavy atom. The van der Waals surface area contributed by atoms with Crippen molar-refractivity contribution in [2.45, 2.75) is 19.3 Å². The van der Waals surface area contributed by atoms with Crippen molar-refractivity contribution in [1.82, 2.24) is 10.6 Å². The highest BCUT2D eigenvalue weighted by molar-refractivity contribution is 5.87. The van der Waals surface area contributed by atoms with E-state index in [-0.39, 0.29) is 11.6 Å². The Hall–Kier alpha value is -2.48. The highest BCUT2D eigenvalue weighted by Crippen LogP contribution is 2.04. The van der Waals surface area contributed by atoms with Crippen LogP contribution in [0.4, 0.5) is 4.79 Å². The van der Waals surface area contributed by atoms with Crippen LogP contribution in [0.5, 0.6) is 0 Å². The second kappa shape index (κ2) is 8.59. The number of rotatable bonds is 7. The van der Waals surface area contributed by atoms with Gasteiger partial charge in [0.25, 0.3) is 0 Å². The van der Waals surface area contributed by atoms with Gasteiger partial charge in [0.15, 0.2) is 0 Å². The lowest BCUT2D eigenvalue weighted by atomic mass is 10.1. The lowest BCUT2D eigenvalue weighted by Gasteiger charge is -2.07. The summed E-state index contributed by atoms with van der Waals surface area (Å²) >= 11 is 0. The van der Waals surface area contributed by atoms with E-state index < -0.39 is 5.97 Å². The van der Waals surface area contributed by atoms with Crippen molar-refractivity contribution in [2.24, 2.45) is 0 Å². The fourth-order valence-corrected chi connectivity index (χ4v) is 1.59. The molecule has 1 aromatic carbocycles. The Morgan fingerprint density at radius 2 is 1.80 bits per heavy atom. The summed E-state index contributed by atoms with van der Waals surface area (Å²) in [5, 5.41) is 14.2. The molecule has 0 aliphatic rings. The predicted molar refractivity (Wildman–Crippen MR) is 76.6 cm³/mol. The lowest BCUT2D eigenvalue weighted by molar-refractivity contribution is 0.0697. The van der Waals surface area contributed by atoms with Crippen LogP contribution >= 0.6 is 0 Å². The molecular weight excluding hydrogens is 256 g/mol. The third-order valence-corrected chi connectivity index (χ3v) is 2.68. The number of aromatic carboxylic acids is 1. The Morgan fingerprint density at radius 3 is 2.40 bits per heavy atom. The van der Waals surface area contributed by atoms with Gasteiger partial charge in [-0.05, 0) is 30.5 Å². The molecule has 0 aromatic heterocycles. The maximum atomic E-state index is 11.4. The van der Waals surface area contributed by atoms with Crippen LogP contribution in [0.15, 0.2) is 24.3 Å². The smallest absolute Gasteiger partial charge is 0.335 e. The number of terminal acetylenes is 1. The van der Waals surface area contributed by atoms with Crippen molar-refractivity contribution in [2.75, 3.05) is 13.1 Å². The highest BCUT2D eigenvalue weighted by Gasteiger charge is 2.02. The van der Waals surface area contributed by atoms with Crippen LogP contribution in [0.1, 0.15) is 28.8 Å². The van der Waals surface area contributed by atoms with E-state index in [0.717, 1.165) is 12.0 Å². The van der Waals surface area contributed by atoms with Crippen LogP contribution in [0.2, 0.25) is 0 Å². The zero-order chi connectivity index (χ0) is 14.8. The molecule has 5 heteroatoms. The van der Waals surface area contributed by atoms with Crippen LogP contribution in [0, 0.1) is 12.3 Å². The summed E-state index contributed by atoms with van der Waals surface area (Å²) in [6.45, 7) is 1.05. The Bertz CT molecular complexity index is 489. The van der Waals surface area contributed by atoms with Crippen molar-refractivity contribution >= 4 is 12.0 Å². The number of urea groups is 1. The maximum Gasteiger partial charge on any atom is 0.335 e. The molecule has 1 aromatic rings. The first kappa shape index (κ1) is 15.6. The van der Waals surface area contributed by atoms with Gasteiger partial charge in [-0.2, -0.15) is 0 Å². The van der Waals surface area contributed by atoms with Gasteiger partial charge in [-0.1, -0.05) is 12.1 Å². The maximum absolute atomic E-state index is 11.4. The first-order chi connectivity index (χ1) is 9.63. The molecule has 0 aliphatic heterocycles. The molecule has 3 N–H and O–H groups in total. The highest BCUT2D eigenvalue weighted by atomic mass is 16.4. The van der Waals surface area contributed by atoms with Crippen molar-refractivity contribution in [1.29, 1.82) is 0 Å². The van der Waals surface area contributed by atoms with Gasteiger partial charge in [-0.25, -0.2) is 9.59 Å². The van der Waals surface area contributed by atoms with Crippen LogP contribution in [0.3, 0.4) is 0 Å². The summed E-state index contributed by atoms with van der Waals surface area (Å²) in [6.07, 6.45) is 7.17. The summed E-state index contributed by atoms with van der Waals surface area (Å²) in [7, 11) is 0. The van der Waals surface area contributed by atoms with Crippen LogP contribution in [0.25, 0.3) is 0 Å². The number of unbranched alkanes of at least 4 members (excludes halogenated alkanes) is 1. The Balaban J connectivity index is 2.22. The van der Waals surface area contributed by atoms with Crippen LogP contribution in [-0.2, 0) is 6.42 Å². The summed E-state index contributed by atoms with van der Waals surface area (Å²) in [5.41, 5.74) is 1.23. The van der Waals surface area contributed by atoms with Gasteiger partial charge in [0.05, 0.1) is 5.56 Å².